The summed E-state index contributed by atoms with van der Waals surface area (Å²) in [6.07, 6.45) is 65.2. The molecule has 0 fully saturated rings. The molecule has 2 atom stereocenters. The number of aliphatic hydroxyl groups excluding tert-OH is 2. The van der Waals surface area contributed by atoms with Crippen molar-refractivity contribution in [3.05, 3.63) is 0 Å². The van der Waals surface area contributed by atoms with Crippen LogP contribution in [0.2, 0.25) is 0 Å². The number of aliphatic hydroxyl groups is 2. The molecular formula is C60H119NO5. The van der Waals surface area contributed by atoms with Crippen LogP contribution in [0.3, 0.4) is 0 Å². The van der Waals surface area contributed by atoms with E-state index in [4.69, 9.17) is 4.74 Å². The predicted octanol–water partition coefficient (Wildman–Crippen LogP) is 18.7. The Balaban J connectivity index is 3.43. The highest BCUT2D eigenvalue weighted by atomic mass is 16.5. The maximum atomic E-state index is 12.5. The van der Waals surface area contributed by atoms with Crippen molar-refractivity contribution < 1.29 is 24.5 Å². The molecule has 1 amide bonds. The van der Waals surface area contributed by atoms with E-state index in [0.29, 0.717) is 25.9 Å². The van der Waals surface area contributed by atoms with Crippen molar-refractivity contribution in [1.82, 2.24) is 5.32 Å². The van der Waals surface area contributed by atoms with E-state index in [0.717, 1.165) is 51.4 Å². The Labute approximate surface area is 413 Å². The van der Waals surface area contributed by atoms with Crippen LogP contribution in [0.1, 0.15) is 348 Å². The minimum absolute atomic E-state index is 0.00164. The molecule has 0 bridgehead atoms. The van der Waals surface area contributed by atoms with Gasteiger partial charge in [0, 0.05) is 12.8 Å². The van der Waals surface area contributed by atoms with Gasteiger partial charge in [-0.2, -0.15) is 0 Å². The van der Waals surface area contributed by atoms with E-state index >= 15 is 0 Å². The Hall–Kier alpha value is -1.14. The van der Waals surface area contributed by atoms with Crippen molar-refractivity contribution in [3.8, 4) is 0 Å². The Morgan fingerprint density at radius 2 is 0.621 bits per heavy atom. The van der Waals surface area contributed by atoms with Crippen LogP contribution >= 0.6 is 0 Å². The average molecular weight is 935 g/mol. The predicted molar refractivity (Wildman–Crippen MR) is 287 cm³/mol. The second-order valence-electron chi connectivity index (χ2n) is 21.1. The fourth-order valence-electron chi connectivity index (χ4n) is 9.76. The van der Waals surface area contributed by atoms with Crippen molar-refractivity contribution in [1.29, 1.82) is 0 Å². The fraction of sp³-hybridized carbons (Fsp3) is 0.967. The maximum absolute atomic E-state index is 12.5. The Kier molecular flexibility index (Phi) is 55.5. The smallest absolute Gasteiger partial charge is 0.305 e. The van der Waals surface area contributed by atoms with Crippen LogP contribution in [0.5, 0.6) is 0 Å². The molecule has 0 spiro atoms. The number of esters is 1. The molecule has 0 saturated carbocycles. The van der Waals surface area contributed by atoms with E-state index in [1.54, 1.807) is 0 Å². The van der Waals surface area contributed by atoms with Crippen LogP contribution in [0.4, 0.5) is 0 Å². The molecule has 0 heterocycles. The van der Waals surface area contributed by atoms with Gasteiger partial charge in [0.15, 0.2) is 0 Å². The van der Waals surface area contributed by atoms with Gasteiger partial charge in [0.2, 0.25) is 5.91 Å². The summed E-state index contributed by atoms with van der Waals surface area (Å²) < 4.78 is 5.47. The van der Waals surface area contributed by atoms with E-state index in [9.17, 15) is 19.8 Å². The van der Waals surface area contributed by atoms with E-state index in [-0.39, 0.29) is 18.5 Å². The van der Waals surface area contributed by atoms with Gasteiger partial charge in [-0.15, -0.1) is 0 Å². The molecule has 0 radical (unpaired) electrons. The second-order valence-corrected chi connectivity index (χ2v) is 21.1. The van der Waals surface area contributed by atoms with Gasteiger partial charge < -0.3 is 20.3 Å². The third-order valence-corrected chi connectivity index (χ3v) is 14.4. The maximum Gasteiger partial charge on any atom is 0.305 e. The number of hydrogen-bond acceptors (Lipinski definition) is 5. The lowest BCUT2D eigenvalue weighted by molar-refractivity contribution is -0.143. The molecule has 66 heavy (non-hydrogen) atoms. The zero-order valence-corrected chi connectivity index (χ0v) is 45.0. The Morgan fingerprint density at radius 1 is 0.364 bits per heavy atom. The molecule has 6 heteroatoms. The summed E-state index contributed by atoms with van der Waals surface area (Å²) in [6.45, 7) is 4.96. The van der Waals surface area contributed by atoms with Gasteiger partial charge in [-0.25, -0.2) is 0 Å². The van der Waals surface area contributed by atoms with Crippen molar-refractivity contribution >= 4 is 11.9 Å². The number of carbonyl (C=O) groups is 2. The lowest BCUT2D eigenvalue weighted by atomic mass is 10.0. The van der Waals surface area contributed by atoms with Crippen LogP contribution in [-0.4, -0.2) is 47.4 Å². The first-order chi connectivity index (χ1) is 32.5. The summed E-state index contributed by atoms with van der Waals surface area (Å²) in [6, 6.07) is -0.550. The Morgan fingerprint density at radius 3 is 0.924 bits per heavy atom. The molecule has 394 valence electrons. The first kappa shape index (κ1) is 64.9. The zero-order chi connectivity index (χ0) is 47.9. The standard InChI is InChI=1S/C60H119NO5/c1-3-5-7-9-11-13-15-17-19-20-21-22-23-24-25-26-28-32-36-40-44-48-52-58(63)57(56-62)61-59(64)53-49-45-41-37-33-29-27-31-35-39-43-47-51-55-66-60(65)54-50-46-42-38-34-30-18-16-14-12-10-8-6-4-2/h57-58,62-63H,3-56H2,1-2H3,(H,61,64). The molecule has 0 aliphatic rings. The summed E-state index contributed by atoms with van der Waals surface area (Å²) in [5, 5.41) is 23.4. The topological polar surface area (TPSA) is 95.9 Å². The normalized spacial score (nSPS) is 12.5. The lowest BCUT2D eigenvalue weighted by Crippen LogP contribution is -2.45. The highest BCUT2D eigenvalue weighted by molar-refractivity contribution is 5.76. The van der Waals surface area contributed by atoms with E-state index in [2.05, 4.69) is 19.2 Å². The molecule has 0 rings (SSSR count). The largest absolute Gasteiger partial charge is 0.466 e. The van der Waals surface area contributed by atoms with Gasteiger partial charge in [0.05, 0.1) is 25.4 Å². The minimum atomic E-state index is -0.672. The molecule has 0 aliphatic carbocycles. The van der Waals surface area contributed by atoms with Crippen LogP contribution in [-0.2, 0) is 14.3 Å². The highest BCUT2D eigenvalue weighted by Gasteiger charge is 2.20. The van der Waals surface area contributed by atoms with Crippen LogP contribution in [0.15, 0.2) is 0 Å². The van der Waals surface area contributed by atoms with Gasteiger partial charge in [0.1, 0.15) is 0 Å². The van der Waals surface area contributed by atoms with Gasteiger partial charge in [0.25, 0.3) is 0 Å². The number of nitrogens with one attached hydrogen (secondary N) is 1. The van der Waals surface area contributed by atoms with Gasteiger partial charge in [-0.1, -0.05) is 309 Å². The van der Waals surface area contributed by atoms with Crippen LogP contribution in [0, 0.1) is 0 Å². The minimum Gasteiger partial charge on any atom is -0.466 e. The first-order valence-electron chi connectivity index (χ1n) is 30.3. The average Bonchev–Trinajstić information content (AvgIpc) is 3.32. The summed E-state index contributed by atoms with van der Waals surface area (Å²) >= 11 is 0. The van der Waals surface area contributed by atoms with Crippen LogP contribution in [0.25, 0.3) is 0 Å². The summed E-state index contributed by atoms with van der Waals surface area (Å²) in [7, 11) is 0. The van der Waals surface area contributed by atoms with Crippen molar-refractivity contribution in [3.63, 3.8) is 0 Å². The monoisotopic (exact) mass is 934 g/mol. The van der Waals surface area contributed by atoms with Crippen LogP contribution < -0.4 is 5.32 Å². The van der Waals surface area contributed by atoms with Crippen molar-refractivity contribution in [2.45, 2.75) is 360 Å². The van der Waals surface area contributed by atoms with Gasteiger partial charge >= 0.3 is 5.97 Å². The van der Waals surface area contributed by atoms with E-state index in [1.165, 1.54) is 263 Å². The highest BCUT2D eigenvalue weighted by Crippen LogP contribution is 2.18. The third kappa shape index (κ3) is 52.2. The quantitative estimate of drug-likeness (QED) is 0.0417. The molecule has 6 nitrogen and oxygen atoms in total. The van der Waals surface area contributed by atoms with Gasteiger partial charge in [-0.05, 0) is 25.7 Å². The molecular weight excluding hydrogens is 815 g/mol. The number of unbranched alkanes of at least 4 members (excludes halogenated alkanes) is 46. The molecule has 0 aromatic heterocycles. The first-order valence-corrected chi connectivity index (χ1v) is 30.3. The third-order valence-electron chi connectivity index (χ3n) is 14.4. The molecule has 3 N–H and O–H groups in total. The van der Waals surface area contributed by atoms with Crippen molar-refractivity contribution in [2.75, 3.05) is 13.2 Å². The Bertz CT molecular complexity index is 944. The molecule has 0 saturated heterocycles. The molecule has 2 unspecified atom stereocenters. The molecule has 0 aromatic rings. The van der Waals surface area contributed by atoms with E-state index in [1.807, 2.05) is 0 Å². The summed E-state index contributed by atoms with van der Waals surface area (Å²) in [5.74, 6) is -0.0446. The lowest BCUT2D eigenvalue weighted by Gasteiger charge is -2.22. The summed E-state index contributed by atoms with van der Waals surface area (Å²) in [5.41, 5.74) is 0. The van der Waals surface area contributed by atoms with Crippen molar-refractivity contribution in [2.24, 2.45) is 0 Å². The molecule has 0 aromatic carbocycles. The SMILES string of the molecule is CCCCCCCCCCCCCCCCCCCCCCCCC(O)C(CO)NC(=O)CCCCCCCCCCCCCCCOC(=O)CCCCCCCCCCCCCCCC. The summed E-state index contributed by atoms with van der Waals surface area (Å²) in [4.78, 5) is 24.6. The number of rotatable bonds is 57. The fourth-order valence-corrected chi connectivity index (χ4v) is 9.76. The number of ether oxygens (including phenoxy) is 1. The zero-order valence-electron chi connectivity index (χ0n) is 45.0. The second kappa shape index (κ2) is 56.4. The van der Waals surface area contributed by atoms with E-state index < -0.39 is 12.1 Å². The molecule has 0 aliphatic heterocycles. The van der Waals surface area contributed by atoms with Gasteiger partial charge in [-0.3, -0.25) is 9.59 Å². The number of amides is 1. The number of hydrogen-bond donors (Lipinski definition) is 3. The number of carbonyl (C=O) groups excluding carboxylic acids is 2.